The Balaban J connectivity index is 1.35. The first-order valence-corrected chi connectivity index (χ1v) is 10.1. The fraction of sp³-hybridized carbons (Fsp3) is 0.636. The van der Waals surface area contributed by atoms with Gasteiger partial charge in [0.05, 0.1) is 0 Å². The van der Waals surface area contributed by atoms with Crippen LogP contribution in [0.25, 0.3) is 0 Å². The van der Waals surface area contributed by atoms with E-state index in [9.17, 15) is 0 Å². The quantitative estimate of drug-likeness (QED) is 0.837. The monoisotopic (exact) mass is 340 g/mol. The summed E-state index contributed by atoms with van der Waals surface area (Å²) < 4.78 is 6.57. The van der Waals surface area contributed by atoms with Crippen LogP contribution in [0.2, 0.25) is 0 Å². The number of benzene rings is 1. The van der Waals surface area contributed by atoms with Crippen molar-refractivity contribution in [1.82, 2.24) is 10.2 Å². The van der Waals surface area contributed by atoms with Crippen LogP contribution in [0, 0.1) is 5.92 Å². The molecule has 2 aliphatic carbocycles. The topological polar surface area (TPSA) is 24.5 Å². The number of hydrogen-bond acceptors (Lipinski definition) is 3. The Morgan fingerprint density at radius 2 is 2.00 bits per heavy atom. The predicted molar refractivity (Wildman–Crippen MR) is 103 cm³/mol. The summed E-state index contributed by atoms with van der Waals surface area (Å²) >= 11 is 0. The smallest absolute Gasteiger partial charge is 0.124 e. The van der Waals surface area contributed by atoms with Crippen LogP contribution in [-0.4, -0.2) is 36.7 Å². The maximum absolute atomic E-state index is 6.57. The highest BCUT2D eigenvalue weighted by Gasteiger charge is 2.39. The van der Waals surface area contributed by atoms with E-state index in [0.29, 0.717) is 0 Å². The number of nitrogens with zero attached hydrogens (tertiary/aromatic N) is 1. The molecule has 0 saturated heterocycles. The molecule has 0 unspecified atom stereocenters. The van der Waals surface area contributed by atoms with E-state index < -0.39 is 0 Å². The maximum atomic E-state index is 6.57. The number of hydrogen-bond donors (Lipinski definition) is 1. The van der Waals surface area contributed by atoms with Crippen molar-refractivity contribution in [3.63, 3.8) is 0 Å². The number of ether oxygens (including phenoxy) is 1. The third-order valence-electron chi connectivity index (χ3n) is 6.48. The number of allylic oxidation sites excluding steroid dienone is 2. The van der Waals surface area contributed by atoms with Crippen LogP contribution >= 0.6 is 0 Å². The molecule has 3 nitrogen and oxygen atoms in total. The van der Waals surface area contributed by atoms with E-state index >= 15 is 0 Å². The molecule has 0 radical (unpaired) electrons. The van der Waals surface area contributed by atoms with E-state index in [0.717, 1.165) is 43.6 Å². The zero-order chi connectivity index (χ0) is 17.1. The SMILES string of the molecule is CN(C[C@H]1CC=CCC1)C1CCC2(CC1)CNCc1ccccc1O2. The van der Waals surface area contributed by atoms with Crippen molar-refractivity contribution in [2.75, 3.05) is 20.1 Å². The molecular weight excluding hydrogens is 308 g/mol. The van der Waals surface area contributed by atoms with Crippen molar-refractivity contribution < 1.29 is 4.74 Å². The lowest BCUT2D eigenvalue weighted by Crippen LogP contribution is -2.50. The Bertz CT molecular complexity index is 604. The molecule has 1 spiro atoms. The largest absolute Gasteiger partial charge is 0.486 e. The van der Waals surface area contributed by atoms with Gasteiger partial charge in [-0.15, -0.1) is 0 Å². The molecule has 1 atom stereocenters. The van der Waals surface area contributed by atoms with Crippen molar-refractivity contribution in [3.05, 3.63) is 42.0 Å². The van der Waals surface area contributed by atoms with E-state index in [1.165, 1.54) is 44.2 Å². The van der Waals surface area contributed by atoms with Gasteiger partial charge in [0.1, 0.15) is 11.4 Å². The van der Waals surface area contributed by atoms with Gasteiger partial charge in [0, 0.05) is 31.2 Å². The zero-order valence-electron chi connectivity index (χ0n) is 15.5. The average Bonchev–Trinajstić information content (AvgIpc) is 2.82. The highest BCUT2D eigenvalue weighted by atomic mass is 16.5. The second kappa shape index (κ2) is 7.51. The Morgan fingerprint density at radius 3 is 2.80 bits per heavy atom. The van der Waals surface area contributed by atoms with Crippen LogP contribution in [0.4, 0.5) is 0 Å². The summed E-state index contributed by atoms with van der Waals surface area (Å²) in [6.07, 6.45) is 13.4. The summed E-state index contributed by atoms with van der Waals surface area (Å²) in [4.78, 5) is 2.63. The van der Waals surface area contributed by atoms with Gasteiger partial charge >= 0.3 is 0 Å². The molecule has 1 aromatic rings. The van der Waals surface area contributed by atoms with Gasteiger partial charge in [-0.25, -0.2) is 0 Å². The van der Waals surface area contributed by atoms with Gasteiger partial charge in [0.2, 0.25) is 0 Å². The van der Waals surface area contributed by atoms with Gasteiger partial charge < -0.3 is 15.0 Å². The predicted octanol–water partition coefficient (Wildman–Crippen LogP) is 4.14. The first kappa shape index (κ1) is 17.1. The van der Waals surface area contributed by atoms with E-state index in [2.05, 4.69) is 53.7 Å². The molecule has 1 heterocycles. The minimum Gasteiger partial charge on any atom is -0.486 e. The molecule has 3 heteroatoms. The van der Waals surface area contributed by atoms with Crippen LogP contribution in [0.15, 0.2) is 36.4 Å². The first-order valence-electron chi connectivity index (χ1n) is 10.1. The van der Waals surface area contributed by atoms with Crippen LogP contribution < -0.4 is 10.1 Å². The summed E-state index contributed by atoms with van der Waals surface area (Å²) in [6, 6.07) is 9.24. The molecule has 1 aliphatic heterocycles. The van der Waals surface area contributed by atoms with Crippen molar-refractivity contribution >= 4 is 0 Å². The Labute approximate surface area is 152 Å². The second-order valence-corrected chi connectivity index (χ2v) is 8.32. The van der Waals surface area contributed by atoms with Gasteiger partial charge in [-0.2, -0.15) is 0 Å². The van der Waals surface area contributed by atoms with Gasteiger partial charge in [-0.05, 0) is 64.0 Å². The maximum Gasteiger partial charge on any atom is 0.124 e. The standard InChI is InChI=1S/C22H32N2O/c1-24(16-18-7-3-2-4-8-18)20-11-13-22(14-12-20)17-23-15-19-9-5-6-10-21(19)25-22/h2-3,5-6,9-10,18,20,23H,4,7-8,11-17H2,1H3/t18-,20?,22?/m0/s1. The molecule has 25 heavy (non-hydrogen) atoms. The molecule has 1 N–H and O–H groups in total. The van der Waals surface area contributed by atoms with Gasteiger partial charge in [0.25, 0.3) is 0 Å². The normalized spacial score (nSPS) is 32.2. The molecule has 1 aromatic carbocycles. The van der Waals surface area contributed by atoms with E-state index in [4.69, 9.17) is 4.74 Å². The molecule has 136 valence electrons. The Kier molecular flexibility index (Phi) is 5.14. The molecule has 0 aromatic heterocycles. The van der Waals surface area contributed by atoms with Crippen LogP contribution in [0.3, 0.4) is 0 Å². The number of fused-ring (bicyclic) bond motifs is 1. The lowest BCUT2D eigenvalue weighted by atomic mass is 9.81. The van der Waals surface area contributed by atoms with Crippen molar-refractivity contribution in [2.45, 2.75) is 63.1 Å². The summed E-state index contributed by atoms with van der Waals surface area (Å²) in [5.41, 5.74) is 1.29. The number of nitrogens with one attached hydrogen (secondary N) is 1. The summed E-state index contributed by atoms with van der Waals surface area (Å²) in [5.74, 6) is 1.95. The molecule has 1 saturated carbocycles. The minimum atomic E-state index is -0.00246. The average molecular weight is 341 g/mol. The second-order valence-electron chi connectivity index (χ2n) is 8.32. The van der Waals surface area contributed by atoms with Crippen LogP contribution in [0.5, 0.6) is 5.75 Å². The lowest BCUT2D eigenvalue weighted by Gasteiger charge is -2.43. The molecule has 4 rings (SSSR count). The lowest BCUT2D eigenvalue weighted by molar-refractivity contribution is 0.00754. The Hall–Kier alpha value is -1.32. The van der Waals surface area contributed by atoms with E-state index in [1.54, 1.807) is 0 Å². The summed E-state index contributed by atoms with van der Waals surface area (Å²) in [5, 5.41) is 3.63. The molecule has 0 amide bonds. The molecule has 1 fully saturated rings. The molecule has 0 bridgehead atoms. The fourth-order valence-corrected chi connectivity index (χ4v) is 4.87. The molecular formula is C22H32N2O. The van der Waals surface area contributed by atoms with E-state index in [1.807, 2.05) is 0 Å². The summed E-state index contributed by atoms with van der Waals surface area (Å²) in [6.45, 7) is 3.16. The van der Waals surface area contributed by atoms with Gasteiger partial charge in [-0.1, -0.05) is 30.4 Å². The Morgan fingerprint density at radius 1 is 1.16 bits per heavy atom. The third-order valence-corrected chi connectivity index (χ3v) is 6.48. The van der Waals surface area contributed by atoms with Crippen LogP contribution in [-0.2, 0) is 6.54 Å². The van der Waals surface area contributed by atoms with Crippen molar-refractivity contribution in [3.8, 4) is 5.75 Å². The van der Waals surface area contributed by atoms with Crippen molar-refractivity contribution in [2.24, 2.45) is 5.92 Å². The molecule has 3 aliphatic rings. The third kappa shape index (κ3) is 3.93. The highest BCUT2D eigenvalue weighted by molar-refractivity contribution is 5.34. The fourth-order valence-electron chi connectivity index (χ4n) is 4.87. The minimum absolute atomic E-state index is 0.00246. The van der Waals surface area contributed by atoms with Crippen molar-refractivity contribution in [1.29, 1.82) is 0 Å². The van der Waals surface area contributed by atoms with Crippen LogP contribution in [0.1, 0.15) is 50.5 Å². The highest BCUT2D eigenvalue weighted by Crippen LogP contribution is 2.37. The number of rotatable bonds is 3. The van der Waals surface area contributed by atoms with Gasteiger partial charge in [-0.3, -0.25) is 0 Å². The zero-order valence-corrected chi connectivity index (χ0v) is 15.5. The summed E-state index contributed by atoms with van der Waals surface area (Å²) in [7, 11) is 2.34. The first-order chi connectivity index (χ1) is 12.2. The van der Waals surface area contributed by atoms with E-state index in [-0.39, 0.29) is 5.60 Å². The van der Waals surface area contributed by atoms with Gasteiger partial charge in [0.15, 0.2) is 0 Å². The number of para-hydroxylation sites is 1.